The zero-order chi connectivity index (χ0) is 11.3. The van der Waals surface area contributed by atoms with Crippen LogP contribution in [-0.2, 0) is 4.74 Å². The van der Waals surface area contributed by atoms with Crippen LogP contribution in [0.15, 0.2) is 23.1 Å². The highest BCUT2D eigenvalue weighted by atomic mass is 35.5. The fourth-order valence-corrected chi connectivity index (χ4v) is 1.45. The van der Waals surface area contributed by atoms with E-state index in [0.29, 0.717) is 22.1 Å². The molecule has 0 unspecified atom stereocenters. The number of thiol groups is 1. The van der Waals surface area contributed by atoms with Crippen molar-refractivity contribution >= 4 is 30.2 Å². The summed E-state index contributed by atoms with van der Waals surface area (Å²) in [5.74, 6) is -0.385. The first-order chi connectivity index (χ1) is 7.15. The summed E-state index contributed by atoms with van der Waals surface area (Å²) >= 11 is 10.0. The zero-order valence-electron chi connectivity index (χ0n) is 8.50. The van der Waals surface area contributed by atoms with E-state index in [0.717, 1.165) is 12.8 Å². The third kappa shape index (κ3) is 3.76. The van der Waals surface area contributed by atoms with Crippen LogP contribution >= 0.6 is 24.2 Å². The lowest BCUT2D eigenvalue weighted by atomic mass is 10.2. The number of halogens is 1. The lowest BCUT2D eigenvalue weighted by Gasteiger charge is -2.05. The van der Waals surface area contributed by atoms with Crippen LogP contribution in [0.2, 0.25) is 5.02 Å². The maximum Gasteiger partial charge on any atom is 0.339 e. The summed E-state index contributed by atoms with van der Waals surface area (Å²) in [5, 5.41) is 0.397. The second-order valence-corrected chi connectivity index (χ2v) is 4.08. The molecule has 1 aromatic rings. The van der Waals surface area contributed by atoms with Crippen molar-refractivity contribution in [2.75, 3.05) is 6.61 Å². The predicted octanol–water partition coefficient (Wildman–Crippen LogP) is 3.59. The molecule has 0 aliphatic heterocycles. The molecule has 0 N–H and O–H groups in total. The molecule has 0 heterocycles. The maximum absolute atomic E-state index is 11.6. The Balaban J connectivity index is 2.68. The van der Waals surface area contributed by atoms with Crippen LogP contribution in [0.5, 0.6) is 0 Å². The summed E-state index contributed by atoms with van der Waals surface area (Å²) in [4.78, 5) is 12.2. The molecule has 4 heteroatoms. The minimum absolute atomic E-state index is 0.375. The van der Waals surface area contributed by atoms with Crippen LogP contribution < -0.4 is 0 Å². The molecular formula is C11H13ClO2S. The molecule has 1 rings (SSSR count). The van der Waals surface area contributed by atoms with Crippen LogP contribution in [0.25, 0.3) is 0 Å². The van der Waals surface area contributed by atoms with Gasteiger partial charge < -0.3 is 4.74 Å². The van der Waals surface area contributed by atoms with Gasteiger partial charge >= 0.3 is 5.97 Å². The van der Waals surface area contributed by atoms with Gasteiger partial charge in [-0.25, -0.2) is 4.79 Å². The van der Waals surface area contributed by atoms with Gasteiger partial charge in [-0.3, -0.25) is 0 Å². The third-order valence-corrected chi connectivity index (χ3v) is 2.51. The molecule has 0 saturated heterocycles. The first kappa shape index (κ1) is 12.4. The van der Waals surface area contributed by atoms with E-state index in [-0.39, 0.29) is 5.97 Å². The smallest absolute Gasteiger partial charge is 0.339 e. The van der Waals surface area contributed by atoms with Gasteiger partial charge in [0.05, 0.1) is 17.2 Å². The van der Waals surface area contributed by atoms with Crippen molar-refractivity contribution in [1.82, 2.24) is 0 Å². The fraction of sp³-hybridized carbons (Fsp3) is 0.364. The molecule has 0 radical (unpaired) electrons. The monoisotopic (exact) mass is 244 g/mol. The van der Waals surface area contributed by atoms with E-state index in [1.54, 1.807) is 18.2 Å². The van der Waals surface area contributed by atoms with Gasteiger partial charge in [-0.2, -0.15) is 0 Å². The Hall–Kier alpha value is -0.670. The lowest BCUT2D eigenvalue weighted by Crippen LogP contribution is -2.07. The number of benzene rings is 1. The van der Waals surface area contributed by atoms with E-state index in [1.807, 2.05) is 6.92 Å². The van der Waals surface area contributed by atoms with Crippen molar-refractivity contribution in [3.05, 3.63) is 28.8 Å². The van der Waals surface area contributed by atoms with E-state index in [1.165, 1.54) is 0 Å². The number of hydrogen-bond acceptors (Lipinski definition) is 3. The fourth-order valence-electron chi connectivity index (χ4n) is 1.06. The van der Waals surface area contributed by atoms with Crippen LogP contribution in [0, 0.1) is 0 Å². The Bertz CT molecular complexity index is 352. The second kappa shape index (κ2) is 6.03. The lowest BCUT2D eigenvalue weighted by molar-refractivity contribution is 0.0499. The highest BCUT2D eigenvalue weighted by Crippen LogP contribution is 2.20. The Morgan fingerprint density at radius 2 is 2.27 bits per heavy atom. The molecule has 82 valence electrons. The van der Waals surface area contributed by atoms with E-state index in [4.69, 9.17) is 16.3 Å². The highest BCUT2D eigenvalue weighted by Gasteiger charge is 2.11. The largest absolute Gasteiger partial charge is 0.462 e. The van der Waals surface area contributed by atoms with E-state index in [2.05, 4.69) is 12.6 Å². The van der Waals surface area contributed by atoms with Crippen molar-refractivity contribution in [3.8, 4) is 0 Å². The quantitative estimate of drug-likeness (QED) is 0.498. The van der Waals surface area contributed by atoms with Crippen molar-refractivity contribution < 1.29 is 9.53 Å². The van der Waals surface area contributed by atoms with Crippen molar-refractivity contribution in [1.29, 1.82) is 0 Å². The molecule has 0 saturated carbocycles. The molecule has 2 nitrogen and oxygen atoms in total. The number of ether oxygens (including phenoxy) is 1. The van der Waals surface area contributed by atoms with Gasteiger partial charge in [0.2, 0.25) is 0 Å². The van der Waals surface area contributed by atoms with Crippen molar-refractivity contribution in [3.63, 3.8) is 0 Å². The van der Waals surface area contributed by atoms with Gasteiger partial charge in [0.25, 0.3) is 0 Å². The number of carbonyl (C=O) groups excluding carboxylic acids is 1. The van der Waals surface area contributed by atoms with Gasteiger partial charge in [-0.05, 0) is 24.6 Å². The highest BCUT2D eigenvalue weighted by molar-refractivity contribution is 7.80. The van der Waals surface area contributed by atoms with Gasteiger partial charge in [-0.15, -0.1) is 12.6 Å². The molecular weight excluding hydrogens is 232 g/mol. The molecule has 0 atom stereocenters. The molecule has 0 fully saturated rings. The summed E-state index contributed by atoms with van der Waals surface area (Å²) in [6.07, 6.45) is 1.86. The standard InChI is InChI=1S/C11H13ClO2S/c1-2-3-6-14-11(13)9-7-8(15)4-5-10(9)12/h4-5,7,15H,2-3,6H2,1H3. The topological polar surface area (TPSA) is 26.3 Å². The van der Waals surface area contributed by atoms with Crippen LogP contribution in [-0.4, -0.2) is 12.6 Å². The Morgan fingerprint density at radius 3 is 2.93 bits per heavy atom. The summed E-state index contributed by atoms with van der Waals surface area (Å²) in [6.45, 7) is 2.47. The van der Waals surface area contributed by atoms with Crippen LogP contribution in [0.3, 0.4) is 0 Å². The molecule has 0 bridgehead atoms. The number of esters is 1. The molecule has 15 heavy (non-hydrogen) atoms. The van der Waals surface area contributed by atoms with E-state index in [9.17, 15) is 4.79 Å². The molecule has 0 spiro atoms. The third-order valence-electron chi connectivity index (χ3n) is 1.90. The maximum atomic E-state index is 11.6. The minimum Gasteiger partial charge on any atom is -0.462 e. The van der Waals surface area contributed by atoms with E-state index >= 15 is 0 Å². The van der Waals surface area contributed by atoms with Crippen molar-refractivity contribution in [2.24, 2.45) is 0 Å². The van der Waals surface area contributed by atoms with Crippen LogP contribution in [0.4, 0.5) is 0 Å². The van der Waals surface area contributed by atoms with Gasteiger partial charge in [-0.1, -0.05) is 24.9 Å². The van der Waals surface area contributed by atoms with Crippen molar-refractivity contribution in [2.45, 2.75) is 24.7 Å². The number of carbonyl (C=O) groups is 1. The molecule has 0 aliphatic carbocycles. The number of hydrogen-bond donors (Lipinski definition) is 1. The second-order valence-electron chi connectivity index (χ2n) is 3.15. The van der Waals surface area contributed by atoms with Gasteiger partial charge in [0.1, 0.15) is 0 Å². The average Bonchev–Trinajstić information content (AvgIpc) is 2.22. The summed E-state index contributed by atoms with van der Waals surface area (Å²) < 4.78 is 5.05. The predicted molar refractivity (Wildman–Crippen MR) is 63.9 cm³/mol. The number of rotatable bonds is 4. The Kier molecular flexibility index (Phi) is 4.99. The van der Waals surface area contributed by atoms with Gasteiger partial charge in [0, 0.05) is 4.90 Å². The van der Waals surface area contributed by atoms with Gasteiger partial charge in [0.15, 0.2) is 0 Å². The SMILES string of the molecule is CCCCOC(=O)c1cc(S)ccc1Cl. The Labute approximate surface area is 100.0 Å². The minimum atomic E-state index is -0.385. The number of unbranched alkanes of at least 4 members (excludes halogenated alkanes) is 1. The van der Waals surface area contributed by atoms with E-state index < -0.39 is 0 Å². The average molecular weight is 245 g/mol. The zero-order valence-corrected chi connectivity index (χ0v) is 10.1. The molecule has 1 aromatic carbocycles. The normalized spacial score (nSPS) is 10.1. The summed E-state index contributed by atoms with van der Waals surface area (Å²) in [5.41, 5.74) is 0.375. The molecule has 0 aromatic heterocycles. The van der Waals surface area contributed by atoms with Crippen LogP contribution in [0.1, 0.15) is 30.1 Å². The first-order valence-electron chi connectivity index (χ1n) is 4.80. The summed E-state index contributed by atoms with van der Waals surface area (Å²) in [6, 6.07) is 4.98. The first-order valence-corrected chi connectivity index (χ1v) is 5.63. The Morgan fingerprint density at radius 1 is 1.53 bits per heavy atom. The molecule has 0 aliphatic rings. The summed E-state index contributed by atoms with van der Waals surface area (Å²) in [7, 11) is 0. The molecule has 0 amide bonds.